The highest BCUT2D eigenvalue weighted by atomic mass is 19.4. The third-order valence-electron chi connectivity index (χ3n) is 2.54. The number of hydrogen-bond donors (Lipinski definition) is 0. The standard InChI is InChI=1S/C13H9F4NO/c1-19-10-6-11(14)12(18-7-10)8-2-4-9(5-3-8)13(15,16)17/h2-7H,1H3. The van der Waals surface area contributed by atoms with Gasteiger partial charge in [0.2, 0.25) is 0 Å². The molecule has 6 heteroatoms. The Morgan fingerprint density at radius 3 is 2.21 bits per heavy atom. The van der Waals surface area contributed by atoms with E-state index in [0.29, 0.717) is 0 Å². The predicted octanol–water partition coefficient (Wildman–Crippen LogP) is 3.92. The van der Waals surface area contributed by atoms with Crippen molar-refractivity contribution < 1.29 is 22.3 Å². The molecule has 2 aromatic rings. The van der Waals surface area contributed by atoms with Crippen LogP contribution in [0.4, 0.5) is 17.6 Å². The van der Waals surface area contributed by atoms with Crippen LogP contribution in [-0.4, -0.2) is 12.1 Å². The van der Waals surface area contributed by atoms with Gasteiger partial charge in [-0.05, 0) is 12.1 Å². The third-order valence-corrected chi connectivity index (χ3v) is 2.54. The molecule has 100 valence electrons. The molecular weight excluding hydrogens is 262 g/mol. The Morgan fingerprint density at radius 2 is 1.74 bits per heavy atom. The maximum absolute atomic E-state index is 13.7. The van der Waals surface area contributed by atoms with Crippen molar-refractivity contribution in [3.63, 3.8) is 0 Å². The van der Waals surface area contributed by atoms with Gasteiger partial charge in [0.25, 0.3) is 0 Å². The Hall–Kier alpha value is -2.11. The maximum Gasteiger partial charge on any atom is 0.416 e. The quantitative estimate of drug-likeness (QED) is 0.772. The van der Waals surface area contributed by atoms with Gasteiger partial charge in [-0.3, -0.25) is 0 Å². The van der Waals surface area contributed by atoms with E-state index in [-0.39, 0.29) is 17.0 Å². The predicted molar refractivity (Wildman–Crippen MR) is 61.2 cm³/mol. The summed E-state index contributed by atoms with van der Waals surface area (Å²) in [4.78, 5) is 3.83. The molecule has 0 aliphatic heterocycles. The van der Waals surface area contributed by atoms with E-state index in [4.69, 9.17) is 4.74 Å². The molecule has 0 saturated carbocycles. The molecule has 0 bridgehead atoms. The molecule has 0 atom stereocenters. The topological polar surface area (TPSA) is 22.1 Å². The number of alkyl halides is 3. The molecule has 0 N–H and O–H groups in total. The number of methoxy groups -OCH3 is 1. The molecule has 1 aromatic carbocycles. The molecule has 0 aliphatic rings. The molecule has 1 aromatic heterocycles. The largest absolute Gasteiger partial charge is 0.495 e. The normalized spacial score (nSPS) is 11.4. The average molecular weight is 271 g/mol. The molecule has 0 aliphatic carbocycles. The fourth-order valence-electron chi connectivity index (χ4n) is 1.56. The average Bonchev–Trinajstić information content (AvgIpc) is 2.37. The summed E-state index contributed by atoms with van der Waals surface area (Å²) in [7, 11) is 1.37. The van der Waals surface area contributed by atoms with Crippen LogP contribution in [0.15, 0.2) is 36.5 Å². The van der Waals surface area contributed by atoms with Crippen LogP contribution < -0.4 is 4.74 Å². The Labute approximate surface area is 106 Å². The van der Waals surface area contributed by atoms with Crippen LogP contribution in [0.5, 0.6) is 5.75 Å². The van der Waals surface area contributed by atoms with Crippen LogP contribution in [0.1, 0.15) is 5.56 Å². The molecule has 0 unspecified atom stereocenters. The third kappa shape index (κ3) is 2.83. The second-order valence-corrected chi connectivity index (χ2v) is 3.78. The minimum Gasteiger partial charge on any atom is -0.495 e. The molecule has 0 amide bonds. The van der Waals surface area contributed by atoms with Gasteiger partial charge in [0, 0.05) is 11.6 Å². The molecule has 19 heavy (non-hydrogen) atoms. The van der Waals surface area contributed by atoms with E-state index in [2.05, 4.69) is 4.98 Å². The SMILES string of the molecule is COc1cnc(-c2ccc(C(F)(F)F)cc2)c(F)c1. The molecule has 0 saturated heterocycles. The van der Waals surface area contributed by atoms with E-state index in [1.165, 1.54) is 25.4 Å². The first kappa shape index (κ1) is 13.3. The van der Waals surface area contributed by atoms with Crippen LogP contribution in [-0.2, 0) is 6.18 Å². The van der Waals surface area contributed by atoms with E-state index in [9.17, 15) is 17.6 Å². The number of ether oxygens (including phenoxy) is 1. The van der Waals surface area contributed by atoms with E-state index < -0.39 is 17.6 Å². The Bertz CT molecular complexity index is 578. The molecule has 0 fully saturated rings. The zero-order valence-corrected chi connectivity index (χ0v) is 9.83. The monoisotopic (exact) mass is 271 g/mol. The Morgan fingerprint density at radius 1 is 1.11 bits per heavy atom. The first-order valence-electron chi connectivity index (χ1n) is 5.29. The van der Waals surface area contributed by atoms with E-state index >= 15 is 0 Å². The van der Waals surface area contributed by atoms with Crippen molar-refractivity contribution in [1.29, 1.82) is 0 Å². The van der Waals surface area contributed by atoms with Gasteiger partial charge in [-0.15, -0.1) is 0 Å². The van der Waals surface area contributed by atoms with Gasteiger partial charge in [0.15, 0.2) is 5.82 Å². The highest BCUT2D eigenvalue weighted by Gasteiger charge is 2.30. The van der Waals surface area contributed by atoms with E-state index in [0.717, 1.165) is 18.2 Å². The van der Waals surface area contributed by atoms with Crippen LogP contribution >= 0.6 is 0 Å². The lowest BCUT2D eigenvalue weighted by atomic mass is 10.1. The van der Waals surface area contributed by atoms with Crippen molar-refractivity contribution in [2.75, 3.05) is 7.11 Å². The number of pyridine rings is 1. The van der Waals surface area contributed by atoms with Crippen molar-refractivity contribution in [3.8, 4) is 17.0 Å². The highest BCUT2D eigenvalue weighted by molar-refractivity contribution is 5.60. The molecule has 0 radical (unpaired) electrons. The van der Waals surface area contributed by atoms with Gasteiger partial charge in [-0.25, -0.2) is 9.37 Å². The van der Waals surface area contributed by atoms with Gasteiger partial charge >= 0.3 is 6.18 Å². The van der Waals surface area contributed by atoms with Gasteiger partial charge in [-0.1, -0.05) is 12.1 Å². The number of rotatable bonds is 2. The highest BCUT2D eigenvalue weighted by Crippen LogP contribution is 2.31. The fraction of sp³-hybridized carbons (Fsp3) is 0.154. The number of hydrogen-bond acceptors (Lipinski definition) is 2. The second kappa shape index (κ2) is 4.87. The van der Waals surface area contributed by atoms with Crippen LogP contribution in [0.2, 0.25) is 0 Å². The van der Waals surface area contributed by atoms with Gasteiger partial charge < -0.3 is 4.74 Å². The summed E-state index contributed by atoms with van der Waals surface area (Å²) in [6.45, 7) is 0. The van der Waals surface area contributed by atoms with Crippen molar-refractivity contribution in [3.05, 3.63) is 47.9 Å². The van der Waals surface area contributed by atoms with Crippen molar-refractivity contribution in [2.24, 2.45) is 0 Å². The van der Waals surface area contributed by atoms with Gasteiger partial charge in [0.05, 0.1) is 18.9 Å². The smallest absolute Gasteiger partial charge is 0.416 e. The van der Waals surface area contributed by atoms with Crippen LogP contribution in [0, 0.1) is 5.82 Å². The molecule has 1 heterocycles. The lowest BCUT2D eigenvalue weighted by Crippen LogP contribution is -2.04. The zero-order valence-electron chi connectivity index (χ0n) is 9.83. The summed E-state index contributed by atoms with van der Waals surface area (Å²) < 4.78 is 55.7. The van der Waals surface area contributed by atoms with Crippen molar-refractivity contribution >= 4 is 0 Å². The molecule has 2 rings (SSSR count). The van der Waals surface area contributed by atoms with Crippen LogP contribution in [0.3, 0.4) is 0 Å². The number of nitrogens with zero attached hydrogens (tertiary/aromatic N) is 1. The summed E-state index contributed by atoms with van der Waals surface area (Å²) in [5, 5.41) is 0. The van der Waals surface area contributed by atoms with E-state index in [1.807, 2.05) is 0 Å². The van der Waals surface area contributed by atoms with Gasteiger partial charge in [-0.2, -0.15) is 13.2 Å². The van der Waals surface area contributed by atoms with E-state index in [1.54, 1.807) is 0 Å². The summed E-state index contributed by atoms with van der Waals surface area (Å²) >= 11 is 0. The first-order valence-corrected chi connectivity index (χ1v) is 5.29. The summed E-state index contributed by atoms with van der Waals surface area (Å²) in [6.07, 6.45) is -3.11. The molecule has 2 nitrogen and oxygen atoms in total. The number of aromatic nitrogens is 1. The fourth-order valence-corrected chi connectivity index (χ4v) is 1.56. The Kier molecular flexibility index (Phi) is 3.42. The molecular formula is C13H9F4NO. The van der Waals surface area contributed by atoms with Crippen LogP contribution in [0.25, 0.3) is 11.3 Å². The lowest BCUT2D eigenvalue weighted by Gasteiger charge is -2.08. The molecule has 0 spiro atoms. The van der Waals surface area contributed by atoms with Crippen molar-refractivity contribution in [2.45, 2.75) is 6.18 Å². The summed E-state index contributed by atoms with van der Waals surface area (Å²) in [6, 6.07) is 5.27. The number of benzene rings is 1. The second-order valence-electron chi connectivity index (χ2n) is 3.78. The first-order chi connectivity index (χ1) is 8.91. The summed E-state index contributed by atoms with van der Waals surface area (Å²) in [5.41, 5.74) is -0.534. The minimum atomic E-state index is -4.41. The summed E-state index contributed by atoms with van der Waals surface area (Å²) in [5.74, 6) is -0.410. The zero-order chi connectivity index (χ0) is 14.0. The van der Waals surface area contributed by atoms with Gasteiger partial charge in [0.1, 0.15) is 11.4 Å². The lowest BCUT2D eigenvalue weighted by molar-refractivity contribution is -0.137. The Balaban J connectivity index is 2.37. The number of halogens is 4. The van der Waals surface area contributed by atoms with Crippen molar-refractivity contribution in [1.82, 2.24) is 4.98 Å². The minimum absolute atomic E-state index is 0.0190. The maximum atomic E-state index is 13.7.